The average Bonchev–Trinajstić information content (AvgIpc) is 3.29. The maximum absolute atomic E-state index is 12.0. The molecule has 1 heterocycles. The third kappa shape index (κ3) is 2.12. The van der Waals surface area contributed by atoms with E-state index in [-0.39, 0.29) is 34.6 Å². The lowest BCUT2D eigenvalue weighted by Crippen LogP contribution is -2.58. The Morgan fingerprint density at radius 2 is 2.08 bits per heavy atom. The van der Waals surface area contributed by atoms with Crippen molar-refractivity contribution in [2.24, 2.45) is 28.6 Å². The number of allylic oxidation sites excluding steroid dienone is 1. The lowest BCUT2D eigenvalue weighted by molar-refractivity contribution is -0.174. The summed E-state index contributed by atoms with van der Waals surface area (Å²) in [5.74, 6) is 1.44. The van der Waals surface area contributed by atoms with Crippen LogP contribution in [0.3, 0.4) is 0 Å². The van der Waals surface area contributed by atoms with Gasteiger partial charge >= 0.3 is 5.97 Å². The molecule has 1 saturated heterocycles. The first-order valence-corrected chi connectivity index (χ1v) is 10.5. The molecule has 8 atom stereocenters. The predicted octanol–water partition coefficient (Wildman–Crippen LogP) is 3.62. The van der Waals surface area contributed by atoms with Crippen LogP contribution in [-0.4, -0.2) is 35.5 Å². The molecule has 0 amide bonds. The van der Waals surface area contributed by atoms with E-state index in [0.29, 0.717) is 17.8 Å². The maximum Gasteiger partial charge on any atom is 0.302 e. The molecule has 1 aliphatic heterocycles. The van der Waals surface area contributed by atoms with Gasteiger partial charge in [0.2, 0.25) is 0 Å². The van der Waals surface area contributed by atoms with Gasteiger partial charge in [-0.1, -0.05) is 25.5 Å². The first-order chi connectivity index (χ1) is 12.3. The largest absolute Gasteiger partial charge is 0.462 e. The number of fused-ring (bicyclic) bond motifs is 6. The summed E-state index contributed by atoms with van der Waals surface area (Å²) >= 11 is 0. The number of ether oxygens (including phenoxy) is 2. The third-order valence-corrected chi connectivity index (χ3v) is 9.09. The summed E-state index contributed by atoms with van der Waals surface area (Å²) in [5.41, 5.74) is 1.65. The smallest absolute Gasteiger partial charge is 0.302 e. The van der Waals surface area contributed by atoms with E-state index < -0.39 is 0 Å². The standard InChI is InChI=1S/C22H32O4/c1-13(23)26-18-11-21(3)17(7-9-22(21)12-25-22)16-5-4-14-10-15(24)6-8-20(14,2)19(16)18/h4,15-19,24H,5-12H2,1-3H3/t15-,16-,17-,18-,19+,20-,21-,22-/m0/s1. The van der Waals surface area contributed by atoms with E-state index in [1.54, 1.807) is 6.92 Å². The second-order valence-electron chi connectivity index (χ2n) is 10.2. The summed E-state index contributed by atoms with van der Waals surface area (Å²) < 4.78 is 12.0. The fourth-order valence-corrected chi connectivity index (χ4v) is 7.70. The summed E-state index contributed by atoms with van der Waals surface area (Å²) in [5, 5.41) is 10.2. The van der Waals surface area contributed by atoms with Gasteiger partial charge in [-0.2, -0.15) is 0 Å². The average molecular weight is 360 g/mol. The summed E-state index contributed by atoms with van der Waals surface area (Å²) in [6.07, 6.45) is 9.26. The molecule has 0 radical (unpaired) electrons. The Kier molecular flexibility index (Phi) is 3.55. The molecule has 4 fully saturated rings. The normalized spacial score (nSPS) is 54.8. The molecule has 0 aromatic rings. The second-order valence-corrected chi connectivity index (χ2v) is 10.2. The zero-order valence-corrected chi connectivity index (χ0v) is 16.3. The molecule has 144 valence electrons. The van der Waals surface area contributed by atoms with Crippen molar-refractivity contribution in [3.63, 3.8) is 0 Å². The summed E-state index contributed by atoms with van der Waals surface area (Å²) in [4.78, 5) is 12.0. The van der Waals surface area contributed by atoms with E-state index in [0.717, 1.165) is 45.1 Å². The molecule has 5 aliphatic rings. The van der Waals surface area contributed by atoms with Crippen LogP contribution in [0.25, 0.3) is 0 Å². The van der Waals surface area contributed by atoms with Crippen molar-refractivity contribution in [2.45, 2.75) is 83.5 Å². The van der Waals surface area contributed by atoms with Crippen molar-refractivity contribution < 1.29 is 19.4 Å². The molecule has 0 aromatic carbocycles. The number of carbonyl (C=O) groups excluding carboxylic acids is 1. The summed E-state index contributed by atoms with van der Waals surface area (Å²) in [7, 11) is 0. The van der Waals surface area contributed by atoms with Gasteiger partial charge in [0.25, 0.3) is 0 Å². The molecule has 0 bridgehead atoms. The number of hydrogen-bond donors (Lipinski definition) is 1. The number of hydrogen-bond acceptors (Lipinski definition) is 4. The minimum absolute atomic E-state index is 0.0260. The number of aliphatic hydroxyl groups excluding tert-OH is 1. The first-order valence-electron chi connectivity index (χ1n) is 10.5. The fraction of sp³-hybridized carbons (Fsp3) is 0.864. The monoisotopic (exact) mass is 360 g/mol. The summed E-state index contributed by atoms with van der Waals surface area (Å²) in [6.45, 7) is 7.21. The van der Waals surface area contributed by atoms with Crippen LogP contribution >= 0.6 is 0 Å². The minimum Gasteiger partial charge on any atom is -0.462 e. The number of carbonyl (C=O) groups is 1. The maximum atomic E-state index is 12.0. The number of epoxide rings is 1. The number of rotatable bonds is 1. The van der Waals surface area contributed by atoms with Crippen LogP contribution in [0.1, 0.15) is 65.7 Å². The first kappa shape index (κ1) is 17.2. The highest BCUT2D eigenvalue weighted by atomic mass is 16.6. The van der Waals surface area contributed by atoms with Gasteiger partial charge in [0.15, 0.2) is 0 Å². The van der Waals surface area contributed by atoms with Crippen LogP contribution in [0, 0.1) is 28.6 Å². The summed E-state index contributed by atoms with van der Waals surface area (Å²) in [6, 6.07) is 0. The molecule has 0 unspecified atom stereocenters. The van der Waals surface area contributed by atoms with Crippen LogP contribution in [0.4, 0.5) is 0 Å². The molecule has 1 spiro atoms. The number of aliphatic hydroxyl groups is 1. The van der Waals surface area contributed by atoms with E-state index in [2.05, 4.69) is 19.9 Å². The highest BCUT2D eigenvalue weighted by Crippen LogP contribution is 2.70. The van der Waals surface area contributed by atoms with Crippen LogP contribution in [0.2, 0.25) is 0 Å². The van der Waals surface area contributed by atoms with Gasteiger partial charge in [-0.25, -0.2) is 0 Å². The Hall–Kier alpha value is -0.870. The highest BCUT2D eigenvalue weighted by molar-refractivity contribution is 5.66. The van der Waals surface area contributed by atoms with Gasteiger partial charge in [0.1, 0.15) is 6.10 Å². The predicted molar refractivity (Wildman–Crippen MR) is 97.3 cm³/mol. The zero-order chi connectivity index (χ0) is 18.3. The Morgan fingerprint density at radius 3 is 2.77 bits per heavy atom. The van der Waals surface area contributed by atoms with Crippen molar-refractivity contribution in [1.82, 2.24) is 0 Å². The molecular formula is C22H32O4. The molecule has 0 aromatic heterocycles. The van der Waals surface area contributed by atoms with Crippen molar-refractivity contribution in [3.8, 4) is 0 Å². The molecule has 1 N–H and O–H groups in total. The molecule has 4 nitrogen and oxygen atoms in total. The molecule has 26 heavy (non-hydrogen) atoms. The lowest BCUT2D eigenvalue weighted by atomic mass is 9.46. The molecule has 5 rings (SSSR count). The van der Waals surface area contributed by atoms with Crippen molar-refractivity contribution in [1.29, 1.82) is 0 Å². The van der Waals surface area contributed by atoms with Crippen molar-refractivity contribution >= 4 is 5.97 Å². The van der Waals surface area contributed by atoms with Crippen LogP contribution < -0.4 is 0 Å². The topological polar surface area (TPSA) is 59.1 Å². The molecule has 4 aliphatic carbocycles. The van der Waals surface area contributed by atoms with Gasteiger partial charge in [-0.05, 0) is 62.2 Å². The van der Waals surface area contributed by atoms with E-state index in [9.17, 15) is 9.90 Å². The van der Waals surface area contributed by atoms with Crippen LogP contribution in [0.15, 0.2) is 11.6 Å². The Labute approximate surface area is 156 Å². The van der Waals surface area contributed by atoms with E-state index >= 15 is 0 Å². The van der Waals surface area contributed by atoms with E-state index in [1.807, 2.05) is 0 Å². The Morgan fingerprint density at radius 1 is 1.31 bits per heavy atom. The Balaban J connectivity index is 1.57. The molecular weight excluding hydrogens is 328 g/mol. The van der Waals surface area contributed by atoms with Crippen molar-refractivity contribution in [3.05, 3.63) is 11.6 Å². The number of esters is 1. The second kappa shape index (κ2) is 5.35. The van der Waals surface area contributed by atoms with E-state index in [4.69, 9.17) is 9.47 Å². The van der Waals surface area contributed by atoms with Gasteiger partial charge in [0, 0.05) is 18.3 Å². The highest BCUT2D eigenvalue weighted by Gasteiger charge is 2.71. The van der Waals surface area contributed by atoms with Gasteiger partial charge in [-0.15, -0.1) is 0 Å². The quantitative estimate of drug-likeness (QED) is 0.441. The fourth-order valence-electron chi connectivity index (χ4n) is 7.70. The van der Waals surface area contributed by atoms with Crippen LogP contribution in [-0.2, 0) is 14.3 Å². The van der Waals surface area contributed by atoms with Gasteiger partial charge < -0.3 is 14.6 Å². The van der Waals surface area contributed by atoms with Crippen LogP contribution in [0.5, 0.6) is 0 Å². The SMILES string of the molecule is CC(=O)O[C@H]1C[C@@]2(C)[C@@H](CC[C@]23CO3)[C@@H]2CC=C3C[C@@H](O)CC[C@]3(C)[C@H]21. The van der Waals surface area contributed by atoms with Gasteiger partial charge in [-0.3, -0.25) is 4.79 Å². The third-order valence-electron chi connectivity index (χ3n) is 9.09. The van der Waals surface area contributed by atoms with Gasteiger partial charge in [0.05, 0.1) is 18.3 Å². The molecule has 4 heteroatoms. The zero-order valence-electron chi connectivity index (χ0n) is 16.3. The van der Waals surface area contributed by atoms with E-state index in [1.165, 1.54) is 12.0 Å². The molecule has 3 saturated carbocycles. The van der Waals surface area contributed by atoms with Crippen molar-refractivity contribution in [2.75, 3.05) is 6.61 Å². The lowest BCUT2D eigenvalue weighted by Gasteiger charge is -2.59. The minimum atomic E-state index is -0.207. The Bertz CT molecular complexity index is 665.